The first-order chi connectivity index (χ1) is 9.63. The van der Waals surface area contributed by atoms with Gasteiger partial charge >= 0.3 is 0 Å². The molecule has 1 aliphatic rings. The van der Waals surface area contributed by atoms with Crippen LogP contribution in [0.4, 0.5) is 4.39 Å². The number of piperidine rings is 1. The van der Waals surface area contributed by atoms with Crippen LogP contribution in [0.5, 0.6) is 5.75 Å². The van der Waals surface area contributed by atoms with Crippen LogP contribution in [0.25, 0.3) is 0 Å². The molecule has 1 saturated heterocycles. The van der Waals surface area contributed by atoms with E-state index in [-0.39, 0.29) is 17.6 Å². The summed E-state index contributed by atoms with van der Waals surface area (Å²) in [4.78, 5) is 2.41. The van der Waals surface area contributed by atoms with E-state index in [1.54, 1.807) is 0 Å². The van der Waals surface area contributed by atoms with Crippen molar-refractivity contribution in [1.29, 1.82) is 0 Å². The largest absolute Gasteiger partial charge is 0.508 e. The van der Waals surface area contributed by atoms with Crippen molar-refractivity contribution in [3.8, 4) is 5.75 Å². The fourth-order valence-corrected chi connectivity index (χ4v) is 3.19. The van der Waals surface area contributed by atoms with Crippen LogP contribution in [0.1, 0.15) is 44.2 Å². The fraction of sp³-hybridized carbons (Fsp3) is 0.625. The highest BCUT2D eigenvalue weighted by Crippen LogP contribution is 2.34. The first-order valence-corrected chi connectivity index (χ1v) is 7.52. The van der Waals surface area contributed by atoms with Gasteiger partial charge in [0, 0.05) is 17.6 Å². The van der Waals surface area contributed by atoms with Gasteiger partial charge in [0.1, 0.15) is 11.6 Å². The molecule has 1 fully saturated rings. The summed E-state index contributed by atoms with van der Waals surface area (Å²) in [6.07, 6.45) is 4.71. The quantitative estimate of drug-likeness (QED) is 0.870. The Balaban J connectivity index is 2.16. The molecule has 1 aromatic carbocycles. The summed E-state index contributed by atoms with van der Waals surface area (Å²) in [5.74, 6) is -0.0923. The summed E-state index contributed by atoms with van der Waals surface area (Å²) in [6, 6.07) is 4.78. The Morgan fingerprint density at radius 1 is 1.45 bits per heavy atom. The molecule has 0 amide bonds. The number of hydrogen-bond donors (Lipinski definition) is 2. The van der Waals surface area contributed by atoms with Gasteiger partial charge in [0.2, 0.25) is 0 Å². The van der Waals surface area contributed by atoms with Gasteiger partial charge in [0.15, 0.2) is 0 Å². The molecular formula is C16H25FN2O. The van der Waals surface area contributed by atoms with Gasteiger partial charge < -0.3 is 10.4 Å². The van der Waals surface area contributed by atoms with E-state index in [4.69, 9.17) is 0 Å². The molecule has 0 aromatic heterocycles. The standard InChI is InChI=1S/C16H25FN2O/c1-12(15-11-13(17)6-7-16(15)20)19-10-4-3-5-14(19)8-9-18-2/h6-7,11-12,14,18,20H,3-5,8-10H2,1-2H3. The normalized spacial score (nSPS) is 21.9. The molecule has 2 rings (SSSR count). The van der Waals surface area contributed by atoms with Crippen molar-refractivity contribution < 1.29 is 9.50 Å². The molecule has 0 bridgehead atoms. The third-order valence-corrected chi connectivity index (χ3v) is 4.34. The molecule has 0 radical (unpaired) electrons. The first kappa shape index (κ1) is 15.3. The second-order valence-corrected chi connectivity index (χ2v) is 5.66. The number of aromatic hydroxyl groups is 1. The Hall–Kier alpha value is -1.13. The minimum absolute atomic E-state index is 0.0489. The number of likely N-dealkylation sites (tertiary alicyclic amines) is 1. The third kappa shape index (κ3) is 3.49. The third-order valence-electron chi connectivity index (χ3n) is 4.34. The molecular weight excluding hydrogens is 255 g/mol. The highest BCUT2D eigenvalue weighted by atomic mass is 19.1. The zero-order chi connectivity index (χ0) is 14.5. The lowest BCUT2D eigenvalue weighted by Gasteiger charge is -2.40. The van der Waals surface area contributed by atoms with Crippen LogP contribution in [-0.4, -0.2) is 36.2 Å². The van der Waals surface area contributed by atoms with Crippen molar-refractivity contribution in [1.82, 2.24) is 10.2 Å². The topological polar surface area (TPSA) is 35.5 Å². The average molecular weight is 280 g/mol. The van der Waals surface area contributed by atoms with Crippen molar-refractivity contribution >= 4 is 0 Å². The van der Waals surface area contributed by atoms with Crippen LogP contribution in [-0.2, 0) is 0 Å². The molecule has 2 unspecified atom stereocenters. The molecule has 112 valence electrons. The van der Waals surface area contributed by atoms with Gasteiger partial charge in [0.25, 0.3) is 0 Å². The minimum Gasteiger partial charge on any atom is -0.508 e. The van der Waals surface area contributed by atoms with Crippen LogP contribution >= 0.6 is 0 Å². The number of hydrogen-bond acceptors (Lipinski definition) is 3. The van der Waals surface area contributed by atoms with Crippen molar-refractivity contribution in [2.24, 2.45) is 0 Å². The number of nitrogens with zero attached hydrogens (tertiary/aromatic N) is 1. The summed E-state index contributed by atoms with van der Waals surface area (Å²) in [5.41, 5.74) is 0.696. The second-order valence-electron chi connectivity index (χ2n) is 5.66. The van der Waals surface area contributed by atoms with Crippen molar-refractivity contribution in [2.75, 3.05) is 20.1 Å². The van der Waals surface area contributed by atoms with Gasteiger partial charge in [-0.15, -0.1) is 0 Å². The predicted molar refractivity (Wildman–Crippen MR) is 79.4 cm³/mol. The van der Waals surface area contributed by atoms with Gasteiger partial charge in [-0.1, -0.05) is 6.42 Å². The molecule has 2 N–H and O–H groups in total. The van der Waals surface area contributed by atoms with E-state index >= 15 is 0 Å². The number of phenolic OH excluding ortho intramolecular Hbond substituents is 1. The molecule has 1 aromatic rings. The maximum absolute atomic E-state index is 13.4. The van der Waals surface area contributed by atoms with Crippen molar-refractivity contribution in [3.05, 3.63) is 29.6 Å². The van der Waals surface area contributed by atoms with Crippen LogP contribution in [0.15, 0.2) is 18.2 Å². The Morgan fingerprint density at radius 2 is 2.25 bits per heavy atom. The van der Waals surface area contributed by atoms with Crippen LogP contribution in [0.3, 0.4) is 0 Å². The number of phenols is 1. The molecule has 1 aliphatic heterocycles. The van der Waals surface area contributed by atoms with E-state index in [9.17, 15) is 9.50 Å². The monoisotopic (exact) mass is 280 g/mol. The van der Waals surface area contributed by atoms with E-state index in [0.29, 0.717) is 11.6 Å². The van der Waals surface area contributed by atoms with Gasteiger partial charge in [0.05, 0.1) is 0 Å². The van der Waals surface area contributed by atoms with E-state index in [1.165, 1.54) is 37.5 Å². The maximum atomic E-state index is 13.4. The first-order valence-electron chi connectivity index (χ1n) is 7.52. The Bertz CT molecular complexity index is 438. The number of nitrogens with one attached hydrogen (secondary N) is 1. The lowest BCUT2D eigenvalue weighted by Crippen LogP contribution is -2.42. The summed E-state index contributed by atoms with van der Waals surface area (Å²) >= 11 is 0. The van der Waals surface area contributed by atoms with Crippen LogP contribution in [0.2, 0.25) is 0 Å². The summed E-state index contributed by atoms with van der Waals surface area (Å²) in [6.45, 7) is 4.07. The molecule has 0 aliphatic carbocycles. The molecule has 2 atom stereocenters. The predicted octanol–water partition coefficient (Wildman–Crippen LogP) is 3.06. The maximum Gasteiger partial charge on any atom is 0.123 e. The molecule has 0 spiro atoms. The number of rotatable bonds is 5. The lowest BCUT2D eigenvalue weighted by molar-refractivity contribution is 0.0957. The Morgan fingerprint density at radius 3 is 3.00 bits per heavy atom. The zero-order valence-electron chi connectivity index (χ0n) is 12.4. The molecule has 0 saturated carbocycles. The van der Waals surface area contributed by atoms with Crippen molar-refractivity contribution in [2.45, 2.75) is 44.7 Å². The van der Waals surface area contributed by atoms with Gasteiger partial charge in [-0.25, -0.2) is 4.39 Å². The van der Waals surface area contributed by atoms with Gasteiger partial charge in [-0.3, -0.25) is 4.90 Å². The molecule has 3 nitrogen and oxygen atoms in total. The van der Waals surface area contributed by atoms with E-state index in [0.717, 1.165) is 19.5 Å². The van der Waals surface area contributed by atoms with Crippen molar-refractivity contribution in [3.63, 3.8) is 0 Å². The van der Waals surface area contributed by atoms with Crippen LogP contribution < -0.4 is 5.32 Å². The SMILES string of the molecule is CNCCC1CCCCN1C(C)c1cc(F)ccc1O. The Kier molecular flexibility index (Phi) is 5.38. The van der Waals surface area contributed by atoms with E-state index < -0.39 is 0 Å². The van der Waals surface area contributed by atoms with E-state index in [1.807, 2.05) is 7.05 Å². The molecule has 20 heavy (non-hydrogen) atoms. The summed E-state index contributed by atoms with van der Waals surface area (Å²) < 4.78 is 13.4. The van der Waals surface area contributed by atoms with Gasteiger partial charge in [-0.2, -0.15) is 0 Å². The van der Waals surface area contributed by atoms with Crippen LogP contribution in [0, 0.1) is 5.82 Å². The number of halogens is 1. The smallest absolute Gasteiger partial charge is 0.123 e. The molecule has 4 heteroatoms. The fourth-order valence-electron chi connectivity index (χ4n) is 3.19. The average Bonchev–Trinajstić information content (AvgIpc) is 2.47. The Labute approximate surface area is 120 Å². The zero-order valence-corrected chi connectivity index (χ0v) is 12.4. The number of benzene rings is 1. The highest BCUT2D eigenvalue weighted by molar-refractivity contribution is 5.35. The van der Waals surface area contributed by atoms with E-state index in [2.05, 4.69) is 17.1 Å². The minimum atomic E-state index is -0.284. The lowest BCUT2D eigenvalue weighted by atomic mass is 9.94. The summed E-state index contributed by atoms with van der Waals surface area (Å²) in [7, 11) is 1.97. The van der Waals surface area contributed by atoms with Gasteiger partial charge in [-0.05, 0) is 64.5 Å². The second kappa shape index (κ2) is 7.04. The summed E-state index contributed by atoms with van der Waals surface area (Å²) in [5, 5.41) is 13.2. The molecule has 1 heterocycles. The highest BCUT2D eigenvalue weighted by Gasteiger charge is 2.28.